The molecule has 0 spiro atoms. The van der Waals surface area contributed by atoms with E-state index in [1.807, 2.05) is 0 Å². The van der Waals surface area contributed by atoms with E-state index in [0.29, 0.717) is 5.92 Å². The van der Waals surface area contributed by atoms with E-state index in [4.69, 9.17) is 4.74 Å². The number of carbonyl (C=O) groups excluding carboxylic acids is 1. The summed E-state index contributed by atoms with van der Waals surface area (Å²) in [6.07, 6.45) is 5.11. The summed E-state index contributed by atoms with van der Waals surface area (Å²) in [6, 6.07) is 0. The third kappa shape index (κ3) is 0.782. The Hall–Kier alpha value is -0.530. The topological polar surface area (TPSA) is 26.3 Å². The van der Waals surface area contributed by atoms with E-state index in [2.05, 4.69) is 0 Å². The molecule has 0 aromatic heterocycles. The van der Waals surface area contributed by atoms with Crippen molar-refractivity contribution in [3.8, 4) is 0 Å². The molecule has 4 fully saturated rings. The number of carbonyl (C=O) groups is 1. The van der Waals surface area contributed by atoms with Gasteiger partial charge in [-0.2, -0.15) is 0 Å². The Labute approximate surface area is 72.3 Å². The molecule has 12 heavy (non-hydrogen) atoms. The van der Waals surface area contributed by atoms with Crippen molar-refractivity contribution >= 4 is 5.97 Å². The molecule has 66 valence electrons. The van der Waals surface area contributed by atoms with Gasteiger partial charge in [0.2, 0.25) is 0 Å². The van der Waals surface area contributed by atoms with Gasteiger partial charge >= 0.3 is 5.97 Å². The number of cyclic esters (lactones) is 1. The van der Waals surface area contributed by atoms with Gasteiger partial charge in [-0.05, 0) is 37.0 Å². The lowest BCUT2D eigenvalue weighted by molar-refractivity contribution is -0.172. The lowest BCUT2D eigenvalue weighted by Gasteiger charge is -2.49. The van der Waals surface area contributed by atoms with Crippen LogP contribution in [0.4, 0.5) is 0 Å². The molecule has 4 bridgehead atoms. The van der Waals surface area contributed by atoms with E-state index in [9.17, 15) is 4.79 Å². The average Bonchev–Trinajstić information content (AvgIpc) is 2.13. The molecule has 2 nitrogen and oxygen atoms in total. The zero-order chi connectivity index (χ0) is 8.13. The molecule has 0 amide bonds. The summed E-state index contributed by atoms with van der Waals surface area (Å²) in [5.41, 5.74) is 0. The molecule has 1 aliphatic heterocycles. The second kappa shape index (κ2) is 2.24. The van der Waals surface area contributed by atoms with Gasteiger partial charge in [0.15, 0.2) is 0 Å². The Morgan fingerprint density at radius 2 is 2.17 bits per heavy atom. The van der Waals surface area contributed by atoms with Crippen LogP contribution in [0.5, 0.6) is 0 Å². The highest BCUT2D eigenvalue weighted by molar-refractivity contribution is 5.74. The van der Waals surface area contributed by atoms with Gasteiger partial charge in [0, 0.05) is 0 Å². The van der Waals surface area contributed by atoms with Crippen LogP contribution in [-0.2, 0) is 9.53 Å². The van der Waals surface area contributed by atoms with Crippen molar-refractivity contribution in [2.24, 2.45) is 23.7 Å². The first kappa shape index (κ1) is 6.93. The van der Waals surface area contributed by atoms with Crippen molar-refractivity contribution in [2.45, 2.75) is 25.7 Å². The number of esters is 1. The molecule has 3 saturated carbocycles. The second-order valence-corrected chi connectivity index (χ2v) is 4.58. The number of hydrogen-bond donors (Lipinski definition) is 0. The SMILES string of the molecule is O=C1OCC2CC3CCC2C1C3. The minimum absolute atomic E-state index is 0.0978. The number of rotatable bonds is 0. The first-order valence-corrected chi connectivity index (χ1v) is 5.01. The Bertz CT molecular complexity index is 224. The smallest absolute Gasteiger partial charge is 0.309 e. The molecule has 1 saturated heterocycles. The first-order valence-electron chi connectivity index (χ1n) is 5.01. The van der Waals surface area contributed by atoms with Crippen LogP contribution in [0.15, 0.2) is 0 Å². The summed E-state index contributed by atoms with van der Waals surface area (Å²) in [5.74, 6) is 2.64. The molecule has 4 unspecified atom stereocenters. The van der Waals surface area contributed by atoms with Crippen LogP contribution in [0.3, 0.4) is 0 Å². The van der Waals surface area contributed by atoms with E-state index < -0.39 is 0 Å². The van der Waals surface area contributed by atoms with Gasteiger partial charge in [-0.3, -0.25) is 4.79 Å². The Kier molecular flexibility index (Phi) is 1.29. The lowest BCUT2D eigenvalue weighted by atomic mass is 9.59. The highest BCUT2D eigenvalue weighted by Gasteiger charge is 2.48. The molecule has 0 N–H and O–H groups in total. The predicted molar refractivity (Wildman–Crippen MR) is 43.4 cm³/mol. The molecule has 2 heteroatoms. The highest BCUT2D eigenvalue weighted by atomic mass is 16.5. The summed E-state index contributed by atoms with van der Waals surface area (Å²) in [5, 5.41) is 0. The zero-order valence-corrected chi connectivity index (χ0v) is 7.16. The van der Waals surface area contributed by atoms with Crippen molar-refractivity contribution in [3.63, 3.8) is 0 Å². The minimum atomic E-state index is 0.0978. The average molecular weight is 166 g/mol. The molecule has 3 aliphatic carbocycles. The maximum atomic E-state index is 11.4. The Morgan fingerprint density at radius 1 is 1.25 bits per heavy atom. The second-order valence-electron chi connectivity index (χ2n) is 4.58. The monoisotopic (exact) mass is 166 g/mol. The van der Waals surface area contributed by atoms with Crippen LogP contribution in [-0.4, -0.2) is 12.6 Å². The van der Waals surface area contributed by atoms with Crippen LogP contribution in [0.2, 0.25) is 0 Å². The fraction of sp³-hybridized carbons (Fsp3) is 0.900. The molecule has 0 aromatic rings. The maximum Gasteiger partial charge on any atom is 0.309 e. The number of ether oxygens (including phenoxy) is 1. The number of fused-ring (bicyclic) bond motifs is 1. The largest absolute Gasteiger partial charge is 0.465 e. The van der Waals surface area contributed by atoms with Crippen molar-refractivity contribution in [1.82, 2.24) is 0 Å². The summed E-state index contributed by atoms with van der Waals surface area (Å²) in [7, 11) is 0. The van der Waals surface area contributed by atoms with Crippen molar-refractivity contribution in [1.29, 1.82) is 0 Å². The summed E-state index contributed by atoms with van der Waals surface area (Å²) in [6.45, 7) is 0.719. The molecule has 1 heterocycles. The van der Waals surface area contributed by atoms with E-state index in [1.165, 1.54) is 19.3 Å². The summed E-state index contributed by atoms with van der Waals surface area (Å²) >= 11 is 0. The van der Waals surface area contributed by atoms with Crippen LogP contribution in [0.25, 0.3) is 0 Å². The summed E-state index contributed by atoms with van der Waals surface area (Å²) in [4.78, 5) is 11.4. The van der Waals surface area contributed by atoms with Crippen LogP contribution in [0, 0.1) is 23.7 Å². The Morgan fingerprint density at radius 3 is 2.92 bits per heavy atom. The van der Waals surface area contributed by atoms with Gasteiger partial charge in [-0.25, -0.2) is 0 Å². The lowest BCUT2D eigenvalue weighted by Crippen LogP contribution is -2.48. The first-order chi connectivity index (χ1) is 5.84. The molecule has 0 radical (unpaired) electrons. The highest BCUT2D eigenvalue weighted by Crippen LogP contribution is 2.50. The van der Waals surface area contributed by atoms with Crippen molar-refractivity contribution in [2.75, 3.05) is 6.61 Å². The molecule has 0 aromatic carbocycles. The van der Waals surface area contributed by atoms with Gasteiger partial charge in [0.1, 0.15) is 0 Å². The van der Waals surface area contributed by atoms with Gasteiger partial charge in [-0.1, -0.05) is 6.42 Å². The third-order valence-corrected chi connectivity index (χ3v) is 4.00. The van der Waals surface area contributed by atoms with Gasteiger partial charge in [-0.15, -0.1) is 0 Å². The van der Waals surface area contributed by atoms with E-state index in [-0.39, 0.29) is 11.9 Å². The molecular weight excluding hydrogens is 152 g/mol. The molecule has 4 atom stereocenters. The fourth-order valence-electron chi connectivity index (χ4n) is 3.42. The van der Waals surface area contributed by atoms with E-state index >= 15 is 0 Å². The van der Waals surface area contributed by atoms with Crippen LogP contribution >= 0.6 is 0 Å². The number of hydrogen-bond acceptors (Lipinski definition) is 2. The minimum Gasteiger partial charge on any atom is -0.465 e. The maximum absolute atomic E-state index is 11.4. The molecular formula is C10H14O2. The fourth-order valence-corrected chi connectivity index (χ4v) is 3.42. The molecule has 4 rings (SSSR count). The quantitative estimate of drug-likeness (QED) is 0.511. The van der Waals surface area contributed by atoms with Crippen LogP contribution < -0.4 is 0 Å². The van der Waals surface area contributed by atoms with Gasteiger partial charge in [0.25, 0.3) is 0 Å². The standard InChI is InChI=1S/C10H14O2/c11-10-9-4-6-1-2-8(9)7(3-6)5-12-10/h6-9H,1-5H2. The van der Waals surface area contributed by atoms with E-state index in [1.54, 1.807) is 0 Å². The van der Waals surface area contributed by atoms with Crippen molar-refractivity contribution in [3.05, 3.63) is 0 Å². The van der Waals surface area contributed by atoms with E-state index in [0.717, 1.165) is 24.9 Å². The summed E-state index contributed by atoms with van der Waals surface area (Å²) < 4.78 is 5.16. The van der Waals surface area contributed by atoms with Crippen LogP contribution in [0.1, 0.15) is 25.7 Å². The van der Waals surface area contributed by atoms with Gasteiger partial charge < -0.3 is 4.74 Å². The molecule has 4 aliphatic rings. The Balaban J connectivity index is 1.92. The predicted octanol–water partition coefficient (Wildman–Crippen LogP) is 1.60. The third-order valence-electron chi connectivity index (χ3n) is 4.00. The zero-order valence-electron chi connectivity index (χ0n) is 7.16. The van der Waals surface area contributed by atoms with Gasteiger partial charge in [0.05, 0.1) is 12.5 Å². The van der Waals surface area contributed by atoms with Crippen molar-refractivity contribution < 1.29 is 9.53 Å². The normalized spacial score (nSPS) is 50.5.